The maximum atomic E-state index is 10.8. The monoisotopic (exact) mass is 268 g/mol. The number of aromatic nitrogens is 1. The number of carboxylic acid groups (broad SMARTS) is 1. The summed E-state index contributed by atoms with van der Waals surface area (Å²) in [4.78, 5) is 14.8. The Balaban J connectivity index is 2.00. The molecule has 1 aromatic carbocycles. The largest absolute Gasteiger partial charge is 0.487 e. The minimum Gasteiger partial charge on any atom is -0.487 e. The summed E-state index contributed by atoms with van der Waals surface area (Å²) in [5.41, 5.74) is 1.47. The second-order valence-electron chi connectivity index (χ2n) is 4.09. The van der Waals surface area contributed by atoms with Crippen LogP contribution in [0.25, 0.3) is 0 Å². The van der Waals surface area contributed by atoms with Gasteiger partial charge in [-0.25, -0.2) is 9.78 Å². The Morgan fingerprint density at radius 3 is 2.65 bits per heavy atom. The van der Waals surface area contributed by atoms with Crippen molar-refractivity contribution in [1.29, 1.82) is 5.26 Å². The molecule has 0 spiro atoms. The van der Waals surface area contributed by atoms with Crippen LogP contribution in [0.3, 0.4) is 0 Å². The number of ether oxygens (including phenoxy) is 1. The number of carbonyl (C=O) groups is 1. The van der Waals surface area contributed by atoms with Crippen molar-refractivity contribution in [1.82, 2.24) is 4.98 Å². The van der Waals surface area contributed by atoms with Crippen molar-refractivity contribution in [2.24, 2.45) is 0 Å². The van der Waals surface area contributed by atoms with E-state index in [9.17, 15) is 4.79 Å². The number of hydrogen-bond donors (Lipinski definition) is 1. The minimum absolute atomic E-state index is 0.00420. The van der Waals surface area contributed by atoms with Crippen LogP contribution in [0.15, 0.2) is 42.5 Å². The molecule has 2 rings (SSSR count). The van der Waals surface area contributed by atoms with E-state index < -0.39 is 5.97 Å². The van der Waals surface area contributed by atoms with E-state index in [0.29, 0.717) is 17.9 Å². The summed E-state index contributed by atoms with van der Waals surface area (Å²) in [7, 11) is 0. The summed E-state index contributed by atoms with van der Waals surface area (Å²) < 4.78 is 5.52. The van der Waals surface area contributed by atoms with Crippen LogP contribution in [-0.2, 0) is 13.0 Å². The van der Waals surface area contributed by atoms with Gasteiger partial charge in [-0.1, -0.05) is 18.2 Å². The third-order valence-electron chi connectivity index (χ3n) is 2.62. The molecular formula is C15H12N2O3. The Morgan fingerprint density at radius 2 is 2.00 bits per heavy atom. The Labute approximate surface area is 116 Å². The predicted molar refractivity (Wildman–Crippen MR) is 71.3 cm³/mol. The van der Waals surface area contributed by atoms with Crippen LogP contribution in [0.5, 0.6) is 5.75 Å². The third kappa shape index (κ3) is 3.56. The molecular weight excluding hydrogens is 256 g/mol. The van der Waals surface area contributed by atoms with E-state index in [1.807, 2.05) is 12.1 Å². The number of nitriles is 1. The van der Waals surface area contributed by atoms with Gasteiger partial charge < -0.3 is 9.84 Å². The van der Waals surface area contributed by atoms with Crippen molar-refractivity contribution in [3.05, 3.63) is 59.4 Å². The molecule has 0 fully saturated rings. The van der Waals surface area contributed by atoms with Crippen molar-refractivity contribution in [2.45, 2.75) is 13.0 Å². The molecule has 0 aliphatic rings. The maximum Gasteiger partial charge on any atom is 0.354 e. The van der Waals surface area contributed by atoms with Gasteiger partial charge in [0.05, 0.1) is 18.2 Å². The van der Waals surface area contributed by atoms with Crippen molar-refractivity contribution < 1.29 is 14.6 Å². The molecule has 100 valence electrons. The first-order valence-corrected chi connectivity index (χ1v) is 5.97. The summed E-state index contributed by atoms with van der Waals surface area (Å²) in [6.07, 6.45) is 0.364. The normalized spacial score (nSPS) is 9.75. The summed E-state index contributed by atoms with van der Waals surface area (Å²) in [5.74, 6) is -0.415. The van der Waals surface area contributed by atoms with E-state index in [-0.39, 0.29) is 12.3 Å². The molecule has 0 aliphatic heterocycles. The van der Waals surface area contributed by atoms with Crippen LogP contribution in [0, 0.1) is 11.3 Å². The standard InChI is InChI=1S/C15H12N2O3/c16-9-8-11-4-6-13(7-5-11)20-10-12-2-1-3-14(17-12)15(18)19/h1-7H,8,10H2,(H,18,19). The van der Waals surface area contributed by atoms with Crippen LogP contribution in [-0.4, -0.2) is 16.1 Å². The lowest BCUT2D eigenvalue weighted by atomic mass is 10.2. The van der Waals surface area contributed by atoms with Gasteiger partial charge in [0, 0.05) is 0 Å². The molecule has 0 saturated carbocycles. The van der Waals surface area contributed by atoms with Gasteiger partial charge in [0.25, 0.3) is 0 Å². The van der Waals surface area contributed by atoms with Crippen molar-refractivity contribution in [3.8, 4) is 11.8 Å². The highest BCUT2D eigenvalue weighted by Gasteiger charge is 2.05. The van der Waals surface area contributed by atoms with Crippen molar-refractivity contribution >= 4 is 5.97 Å². The quantitative estimate of drug-likeness (QED) is 0.900. The van der Waals surface area contributed by atoms with Gasteiger partial charge in [-0.05, 0) is 29.8 Å². The first-order chi connectivity index (χ1) is 9.69. The molecule has 1 N–H and O–H groups in total. The zero-order chi connectivity index (χ0) is 14.4. The number of carboxylic acids is 1. The van der Waals surface area contributed by atoms with E-state index in [4.69, 9.17) is 15.1 Å². The predicted octanol–water partition coefficient (Wildman–Crippen LogP) is 2.42. The minimum atomic E-state index is -1.06. The molecule has 1 heterocycles. The van der Waals surface area contributed by atoms with Gasteiger partial charge in [-0.3, -0.25) is 0 Å². The average molecular weight is 268 g/mol. The van der Waals surface area contributed by atoms with Gasteiger partial charge >= 0.3 is 5.97 Å². The fourth-order valence-electron chi connectivity index (χ4n) is 1.63. The summed E-state index contributed by atoms with van der Waals surface area (Å²) >= 11 is 0. The molecule has 1 aromatic heterocycles. The zero-order valence-corrected chi connectivity index (χ0v) is 10.6. The number of hydrogen-bond acceptors (Lipinski definition) is 4. The van der Waals surface area contributed by atoms with Crippen molar-refractivity contribution in [2.75, 3.05) is 0 Å². The Bertz CT molecular complexity index is 645. The van der Waals surface area contributed by atoms with Crippen LogP contribution >= 0.6 is 0 Å². The fraction of sp³-hybridized carbons (Fsp3) is 0.133. The first kappa shape index (κ1) is 13.6. The lowest BCUT2D eigenvalue weighted by Crippen LogP contribution is -2.04. The van der Waals surface area contributed by atoms with E-state index in [2.05, 4.69) is 11.1 Å². The number of rotatable bonds is 5. The number of pyridine rings is 1. The topological polar surface area (TPSA) is 83.2 Å². The van der Waals surface area contributed by atoms with E-state index in [1.54, 1.807) is 24.3 Å². The molecule has 0 aliphatic carbocycles. The molecule has 0 amide bonds. The zero-order valence-electron chi connectivity index (χ0n) is 10.6. The van der Waals surface area contributed by atoms with Gasteiger partial charge in [0.2, 0.25) is 0 Å². The van der Waals surface area contributed by atoms with Gasteiger partial charge in [-0.2, -0.15) is 5.26 Å². The Kier molecular flexibility index (Phi) is 4.30. The molecule has 2 aromatic rings. The van der Waals surface area contributed by atoms with E-state index in [0.717, 1.165) is 5.56 Å². The van der Waals surface area contributed by atoms with E-state index in [1.165, 1.54) is 6.07 Å². The van der Waals surface area contributed by atoms with E-state index >= 15 is 0 Å². The Hall–Kier alpha value is -2.87. The second kappa shape index (κ2) is 6.34. The SMILES string of the molecule is N#CCc1ccc(OCc2cccc(C(=O)O)n2)cc1. The second-order valence-corrected chi connectivity index (χ2v) is 4.09. The van der Waals surface area contributed by atoms with Crippen molar-refractivity contribution in [3.63, 3.8) is 0 Å². The average Bonchev–Trinajstić information content (AvgIpc) is 2.47. The lowest BCUT2D eigenvalue weighted by molar-refractivity contribution is 0.0690. The fourth-order valence-corrected chi connectivity index (χ4v) is 1.63. The van der Waals surface area contributed by atoms with Crippen LogP contribution < -0.4 is 4.74 Å². The number of nitrogens with zero attached hydrogens (tertiary/aromatic N) is 2. The lowest BCUT2D eigenvalue weighted by Gasteiger charge is -2.06. The molecule has 5 nitrogen and oxygen atoms in total. The highest BCUT2D eigenvalue weighted by molar-refractivity contribution is 5.85. The number of benzene rings is 1. The molecule has 0 atom stereocenters. The third-order valence-corrected chi connectivity index (χ3v) is 2.62. The first-order valence-electron chi connectivity index (χ1n) is 5.97. The summed E-state index contributed by atoms with van der Waals surface area (Å²) in [6.45, 7) is 0.193. The maximum absolute atomic E-state index is 10.8. The number of aromatic carboxylic acids is 1. The summed E-state index contributed by atoms with van der Waals surface area (Å²) in [5, 5.41) is 17.4. The molecule has 0 unspecified atom stereocenters. The molecule has 0 saturated heterocycles. The van der Waals surface area contributed by atoms with Gasteiger partial charge in [0.15, 0.2) is 0 Å². The molecule has 20 heavy (non-hydrogen) atoms. The van der Waals surface area contributed by atoms with Crippen LogP contribution in [0.4, 0.5) is 0 Å². The smallest absolute Gasteiger partial charge is 0.354 e. The van der Waals surface area contributed by atoms with Gasteiger partial charge in [0.1, 0.15) is 18.1 Å². The van der Waals surface area contributed by atoms with Crippen LogP contribution in [0.1, 0.15) is 21.7 Å². The highest BCUT2D eigenvalue weighted by Crippen LogP contribution is 2.14. The molecule has 0 bridgehead atoms. The Morgan fingerprint density at radius 1 is 1.25 bits per heavy atom. The molecule has 5 heteroatoms. The summed E-state index contributed by atoms with van der Waals surface area (Å²) in [6, 6.07) is 14.0. The van der Waals surface area contributed by atoms with Gasteiger partial charge in [-0.15, -0.1) is 0 Å². The van der Waals surface area contributed by atoms with Crippen LogP contribution in [0.2, 0.25) is 0 Å². The highest BCUT2D eigenvalue weighted by atomic mass is 16.5. The molecule has 0 radical (unpaired) electrons.